The molecule has 0 saturated heterocycles. The summed E-state index contributed by atoms with van der Waals surface area (Å²) in [4.78, 5) is 3.97. The van der Waals surface area contributed by atoms with E-state index in [-0.39, 0.29) is 6.54 Å². The van der Waals surface area contributed by atoms with Crippen LogP contribution in [0.2, 0.25) is 10.0 Å². The van der Waals surface area contributed by atoms with Gasteiger partial charge in [0.2, 0.25) is 0 Å². The second kappa shape index (κ2) is 11.1. The van der Waals surface area contributed by atoms with E-state index in [1.54, 1.807) is 53.5 Å². The van der Waals surface area contributed by atoms with E-state index in [4.69, 9.17) is 27.9 Å². The Labute approximate surface area is 198 Å². The average molecular weight is 470 g/mol. The van der Waals surface area contributed by atoms with Crippen molar-refractivity contribution >= 4 is 23.2 Å². The Balaban J connectivity index is 0.00000141. The molecule has 0 radical (unpaired) electrons. The Bertz CT molecular complexity index is 1100. The molecule has 0 saturated carbocycles. The molecule has 4 rings (SSSR count). The third-order valence-electron chi connectivity index (χ3n) is 4.72. The van der Waals surface area contributed by atoms with Gasteiger partial charge in [-0.05, 0) is 42.0 Å². The Kier molecular flexibility index (Phi) is 8.28. The van der Waals surface area contributed by atoms with Gasteiger partial charge in [0.25, 0.3) is 0 Å². The molecule has 32 heavy (non-hydrogen) atoms. The number of aliphatic hydroxyl groups is 1. The van der Waals surface area contributed by atoms with Crippen LogP contribution in [0.5, 0.6) is 11.5 Å². The maximum atomic E-state index is 11.7. The maximum Gasteiger partial charge on any atom is 0.137 e. The summed E-state index contributed by atoms with van der Waals surface area (Å²) in [7, 11) is 0. The summed E-state index contributed by atoms with van der Waals surface area (Å²) in [6.07, 6.45) is 3.38. The first-order chi connectivity index (χ1) is 15.5. The van der Waals surface area contributed by atoms with Gasteiger partial charge in [-0.1, -0.05) is 73.4 Å². The molecule has 0 fully saturated rings. The lowest BCUT2D eigenvalue weighted by Gasteiger charge is -2.30. The molecular formula is C25H25Cl2N3O2. The highest BCUT2D eigenvalue weighted by Crippen LogP contribution is 2.36. The summed E-state index contributed by atoms with van der Waals surface area (Å²) in [5.41, 5.74) is 0.287. The molecule has 0 bridgehead atoms. The van der Waals surface area contributed by atoms with Gasteiger partial charge in [0.1, 0.15) is 29.8 Å². The molecule has 1 N–H and O–H groups in total. The van der Waals surface area contributed by atoms with Crippen LogP contribution < -0.4 is 4.74 Å². The minimum atomic E-state index is -1.29. The number of nitrogens with zero attached hydrogens (tertiary/aromatic N) is 3. The summed E-state index contributed by atoms with van der Waals surface area (Å²) in [5.74, 6) is 1.21. The highest BCUT2D eigenvalue weighted by molar-refractivity contribution is 6.31. The molecule has 0 aliphatic heterocycles. The number of hydrogen-bond donors (Lipinski definition) is 1. The van der Waals surface area contributed by atoms with Gasteiger partial charge >= 0.3 is 0 Å². The zero-order chi connectivity index (χ0) is 23.0. The Morgan fingerprint density at radius 3 is 2.25 bits per heavy atom. The van der Waals surface area contributed by atoms with E-state index in [9.17, 15) is 5.11 Å². The first-order valence-electron chi connectivity index (χ1n) is 10.3. The van der Waals surface area contributed by atoms with Crippen LogP contribution in [0.3, 0.4) is 0 Å². The molecule has 7 heteroatoms. The first-order valence-corrected chi connectivity index (χ1v) is 11.1. The third kappa shape index (κ3) is 6.10. The van der Waals surface area contributed by atoms with E-state index >= 15 is 0 Å². The van der Waals surface area contributed by atoms with Crippen LogP contribution in [0.25, 0.3) is 0 Å². The molecular weight excluding hydrogens is 445 g/mol. The number of benzene rings is 3. The molecule has 3 aromatic carbocycles. The van der Waals surface area contributed by atoms with E-state index in [1.807, 2.05) is 44.2 Å². The predicted octanol–water partition coefficient (Wildman–Crippen LogP) is 6.53. The Hall–Kier alpha value is -2.86. The van der Waals surface area contributed by atoms with Crippen LogP contribution in [-0.2, 0) is 18.6 Å². The second-order valence-corrected chi connectivity index (χ2v) is 7.83. The molecule has 0 aliphatic carbocycles. The summed E-state index contributed by atoms with van der Waals surface area (Å²) < 4.78 is 7.45. The summed E-state index contributed by atoms with van der Waals surface area (Å²) >= 11 is 12.5. The lowest BCUT2D eigenvalue weighted by molar-refractivity contribution is 0.0151. The molecule has 4 aromatic rings. The summed E-state index contributed by atoms with van der Waals surface area (Å²) in [6, 6.07) is 22.1. The fourth-order valence-electron chi connectivity index (χ4n) is 3.33. The number of ether oxygens (including phenoxy) is 1. The first kappa shape index (κ1) is 23.8. The number of rotatable bonds is 7. The minimum absolute atomic E-state index is 0.207. The van der Waals surface area contributed by atoms with Crippen molar-refractivity contribution < 1.29 is 9.84 Å². The quantitative estimate of drug-likeness (QED) is 0.334. The molecule has 166 valence electrons. The van der Waals surface area contributed by atoms with Crippen LogP contribution in [0.4, 0.5) is 0 Å². The van der Waals surface area contributed by atoms with Crippen molar-refractivity contribution in [1.29, 1.82) is 0 Å². The number of halogens is 2. The lowest BCUT2D eigenvalue weighted by Crippen LogP contribution is -2.34. The van der Waals surface area contributed by atoms with E-state index in [2.05, 4.69) is 10.1 Å². The van der Waals surface area contributed by atoms with Crippen molar-refractivity contribution in [2.24, 2.45) is 0 Å². The van der Waals surface area contributed by atoms with Gasteiger partial charge in [-0.15, -0.1) is 0 Å². The van der Waals surface area contributed by atoms with Crippen LogP contribution >= 0.6 is 23.2 Å². The normalized spacial score (nSPS) is 12.4. The van der Waals surface area contributed by atoms with Gasteiger partial charge < -0.3 is 9.84 Å². The summed E-state index contributed by atoms with van der Waals surface area (Å²) in [5, 5.41) is 16.9. The average Bonchev–Trinajstić information content (AvgIpc) is 3.30. The van der Waals surface area contributed by atoms with Gasteiger partial charge in [-0.3, -0.25) is 0 Å². The molecule has 1 atom stereocenters. The standard InChI is InChI=1S/C23H19Cl2N3O2.C2H6/c24-18-6-8-19(9-7-18)30-20-10-11-21(22(25)12-20)23(29,14-28-16-26-15-27-28)13-17-4-2-1-3-5-17;1-2/h1-12,15-16,29H,13-14H2;1-2H3. The Morgan fingerprint density at radius 2 is 1.62 bits per heavy atom. The SMILES string of the molecule is CC.OC(Cc1ccccc1)(Cn1cncn1)c1ccc(Oc2ccc(Cl)cc2)cc1Cl. The molecule has 0 amide bonds. The smallest absolute Gasteiger partial charge is 0.137 e. The Morgan fingerprint density at radius 1 is 0.938 bits per heavy atom. The molecule has 1 unspecified atom stereocenters. The zero-order valence-corrected chi connectivity index (χ0v) is 19.5. The van der Waals surface area contributed by atoms with Crippen molar-refractivity contribution in [3.63, 3.8) is 0 Å². The van der Waals surface area contributed by atoms with E-state index in [0.717, 1.165) is 5.56 Å². The highest BCUT2D eigenvalue weighted by Gasteiger charge is 2.33. The maximum absolute atomic E-state index is 11.7. The van der Waals surface area contributed by atoms with E-state index < -0.39 is 5.60 Å². The van der Waals surface area contributed by atoms with Crippen LogP contribution in [0, 0.1) is 0 Å². The lowest BCUT2D eigenvalue weighted by atomic mass is 9.87. The monoisotopic (exact) mass is 469 g/mol. The minimum Gasteiger partial charge on any atom is -0.457 e. The van der Waals surface area contributed by atoms with Gasteiger partial charge in [0.05, 0.1) is 11.6 Å². The van der Waals surface area contributed by atoms with Crippen LogP contribution in [-0.4, -0.2) is 19.9 Å². The zero-order valence-electron chi connectivity index (χ0n) is 18.0. The highest BCUT2D eigenvalue weighted by atomic mass is 35.5. The topological polar surface area (TPSA) is 60.2 Å². The van der Waals surface area contributed by atoms with E-state index in [1.165, 1.54) is 6.33 Å². The van der Waals surface area contributed by atoms with E-state index in [0.29, 0.717) is 33.5 Å². The molecule has 1 aromatic heterocycles. The predicted molar refractivity (Wildman–Crippen MR) is 128 cm³/mol. The van der Waals surface area contributed by atoms with Crippen molar-refractivity contribution in [2.45, 2.75) is 32.4 Å². The molecule has 1 heterocycles. The van der Waals surface area contributed by atoms with Crippen molar-refractivity contribution in [3.8, 4) is 11.5 Å². The number of hydrogen-bond acceptors (Lipinski definition) is 4. The molecule has 0 aliphatic rings. The van der Waals surface area contributed by atoms with Crippen molar-refractivity contribution in [2.75, 3.05) is 0 Å². The van der Waals surface area contributed by atoms with Gasteiger partial charge in [-0.2, -0.15) is 5.10 Å². The van der Waals surface area contributed by atoms with Crippen LogP contribution in [0.15, 0.2) is 85.5 Å². The van der Waals surface area contributed by atoms with Gasteiger partial charge in [-0.25, -0.2) is 9.67 Å². The largest absolute Gasteiger partial charge is 0.457 e. The van der Waals surface area contributed by atoms with Crippen molar-refractivity contribution in [3.05, 3.63) is 107 Å². The number of aromatic nitrogens is 3. The second-order valence-electron chi connectivity index (χ2n) is 6.98. The van der Waals surface area contributed by atoms with Crippen LogP contribution in [0.1, 0.15) is 25.0 Å². The fourth-order valence-corrected chi connectivity index (χ4v) is 3.80. The molecule has 0 spiro atoms. The summed E-state index contributed by atoms with van der Waals surface area (Å²) in [6.45, 7) is 4.21. The third-order valence-corrected chi connectivity index (χ3v) is 5.29. The molecule has 5 nitrogen and oxygen atoms in total. The van der Waals surface area contributed by atoms with Gasteiger partial charge in [0.15, 0.2) is 0 Å². The fraction of sp³-hybridized carbons (Fsp3) is 0.200. The van der Waals surface area contributed by atoms with Crippen molar-refractivity contribution in [1.82, 2.24) is 14.8 Å². The van der Waals surface area contributed by atoms with Gasteiger partial charge in [0, 0.05) is 17.0 Å².